The summed E-state index contributed by atoms with van der Waals surface area (Å²) in [5, 5.41) is 0. The molecule has 1 amide bonds. The predicted octanol–water partition coefficient (Wildman–Crippen LogP) is 3.57. The van der Waals surface area contributed by atoms with Crippen LogP contribution in [0.15, 0.2) is 61.2 Å². The van der Waals surface area contributed by atoms with Crippen molar-refractivity contribution in [2.45, 2.75) is 19.8 Å². The second-order valence-corrected chi connectivity index (χ2v) is 7.18. The van der Waals surface area contributed by atoms with Crippen LogP contribution in [0.3, 0.4) is 0 Å². The monoisotopic (exact) mass is 376 g/mol. The summed E-state index contributed by atoms with van der Waals surface area (Å²) in [4.78, 5) is 23.1. The Hall–Kier alpha value is -3.15. The molecule has 0 saturated carbocycles. The van der Waals surface area contributed by atoms with E-state index in [2.05, 4.69) is 16.9 Å². The maximum atomic E-state index is 12.5. The van der Waals surface area contributed by atoms with Gasteiger partial charge in [0.1, 0.15) is 11.6 Å². The summed E-state index contributed by atoms with van der Waals surface area (Å²) in [5.74, 6) is 2.13. The molecule has 1 fully saturated rings. The number of likely N-dealkylation sites (tertiary alicyclic amines) is 1. The second-order valence-electron chi connectivity index (χ2n) is 7.18. The molecule has 1 saturated heterocycles. The normalized spacial score (nSPS) is 14.8. The Morgan fingerprint density at radius 3 is 2.75 bits per heavy atom. The minimum Gasteiger partial charge on any atom is -0.483 e. The van der Waals surface area contributed by atoms with E-state index in [1.165, 1.54) is 0 Å². The molecule has 1 aromatic carbocycles. The van der Waals surface area contributed by atoms with Crippen LogP contribution in [0.4, 0.5) is 0 Å². The number of para-hydroxylation sites is 1. The Labute approximate surface area is 164 Å². The quantitative estimate of drug-likeness (QED) is 0.683. The predicted molar refractivity (Wildman–Crippen MR) is 107 cm³/mol. The van der Waals surface area contributed by atoms with Gasteiger partial charge in [0.15, 0.2) is 6.61 Å². The fraction of sp³-hybridized carbons (Fsp3) is 0.318. The molecular formula is C22H24N4O2. The first-order chi connectivity index (χ1) is 13.7. The van der Waals surface area contributed by atoms with Crippen molar-refractivity contribution in [1.82, 2.24) is 19.4 Å². The zero-order chi connectivity index (χ0) is 19.3. The zero-order valence-electron chi connectivity index (χ0n) is 16.0. The summed E-state index contributed by atoms with van der Waals surface area (Å²) < 4.78 is 7.89. The Morgan fingerprint density at radius 1 is 1.14 bits per heavy atom. The molecule has 1 aliphatic heterocycles. The van der Waals surface area contributed by atoms with Crippen molar-refractivity contribution in [3.05, 3.63) is 61.2 Å². The molecule has 3 aromatic rings. The number of carbonyl (C=O) groups is 1. The maximum Gasteiger partial charge on any atom is 0.260 e. The van der Waals surface area contributed by atoms with E-state index in [-0.39, 0.29) is 12.5 Å². The number of pyridine rings is 1. The smallest absolute Gasteiger partial charge is 0.260 e. The molecule has 0 N–H and O–H groups in total. The van der Waals surface area contributed by atoms with E-state index in [0.717, 1.165) is 43.0 Å². The first-order valence-corrected chi connectivity index (χ1v) is 9.66. The number of ether oxygens (including phenoxy) is 1. The molecule has 6 nitrogen and oxygen atoms in total. The van der Waals surface area contributed by atoms with Gasteiger partial charge in [-0.2, -0.15) is 0 Å². The van der Waals surface area contributed by atoms with Crippen molar-refractivity contribution < 1.29 is 9.53 Å². The topological polar surface area (TPSA) is 60.3 Å². The Balaban J connectivity index is 1.52. The van der Waals surface area contributed by atoms with E-state index in [9.17, 15) is 4.79 Å². The third-order valence-corrected chi connectivity index (χ3v) is 5.18. The molecule has 6 heteroatoms. The summed E-state index contributed by atoms with van der Waals surface area (Å²) in [7, 11) is 0. The standard InChI is InChI=1S/C22H24N4O2/c1-17-8-12-25(13-9-17)21(27)16-28-20-7-3-2-6-19(20)22-24-11-14-26(22)18-5-4-10-23-15-18/h2-7,10-11,14-15,17H,8-9,12-13,16H2,1H3. The van der Waals surface area contributed by atoms with E-state index in [1.807, 2.05) is 52.1 Å². The number of carbonyl (C=O) groups excluding carboxylic acids is 1. The van der Waals surface area contributed by atoms with E-state index in [4.69, 9.17) is 4.74 Å². The van der Waals surface area contributed by atoms with Gasteiger partial charge in [-0.05, 0) is 43.0 Å². The lowest BCUT2D eigenvalue weighted by Crippen LogP contribution is -2.40. The molecule has 0 atom stereocenters. The average Bonchev–Trinajstić information content (AvgIpc) is 3.23. The molecule has 0 bridgehead atoms. The summed E-state index contributed by atoms with van der Waals surface area (Å²) in [6.07, 6.45) is 9.29. The van der Waals surface area contributed by atoms with Crippen LogP contribution in [0.5, 0.6) is 5.75 Å². The second kappa shape index (κ2) is 8.25. The molecule has 4 rings (SSSR count). The third kappa shape index (κ3) is 3.91. The van der Waals surface area contributed by atoms with Gasteiger partial charge in [0, 0.05) is 31.7 Å². The number of nitrogens with zero attached hydrogens (tertiary/aromatic N) is 4. The lowest BCUT2D eigenvalue weighted by Gasteiger charge is -2.30. The molecule has 1 aliphatic rings. The van der Waals surface area contributed by atoms with Crippen molar-refractivity contribution in [2.75, 3.05) is 19.7 Å². The molecule has 0 aliphatic carbocycles. The van der Waals surface area contributed by atoms with E-state index >= 15 is 0 Å². The minimum atomic E-state index is 0.0392. The van der Waals surface area contributed by atoms with Gasteiger partial charge in [-0.15, -0.1) is 0 Å². The van der Waals surface area contributed by atoms with Crippen molar-refractivity contribution in [3.63, 3.8) is 0 Å². The van der Waals surface area contributed by atoms with Crippen LogP contribution >= 0.6 is 0 Å². The Bertz CT molecular complexity index is 930. The lowest BCUT2D eigenvalue weighted by molar-refractivity contribution is -0.134. The molecule has 144 valence electrons. The van der Waals surface area contributed by atoms with Crippen molar-refractivity contribution in [3.8, 4) is 22.8 Å². The van der Waals surface area contributed by atoms with Crippen LogP contribution in [-0.2, 0) is 4.79 Å². The van der Waals surface area contributed by atoms with E-state index in [1.54, 1.807) is 18.6 Å². The number of hydrogen-bond acceptors (Lipinski definition) is 4. The van der Waals surface area contributed by atoms with Gasteiger partial charge in [-0.25, -0.2) is 4.98 Å². The first kappa shape index (κ1) is 18.2. The fourth-order valence-electron chi connectivity index (χ4n) is 3.47. The Kier molecular flexibility index (Phi) is 5.37. The van der Waals surface area contributed by atoms with Gasteiger partial charge in [0.05, 0.1) is 17.4 Å². The van der Waals surface area contributed by atoms with E-state index < -0.39 is 0 Å². The summed E-state index contributed by atoms with van der Waals surface area (Å²) in [5.41, 5.74) is 1.76. The largest absolute Gasteiger partial charge is 0.483 e. The lowest BCUT2D eigenvalue weighted by atomic mass is 9.99. The number of aromatic nitrogens is 3. The highest BCUT2D eigenvalue weighted by atomic mass is 16.5. The Morgan fingerprint density at radius 2 is 1.96 bits per heavy atom. The van der Waals surface area contributed by atoms with Crippen molar-refractivity contribution >= 4 is 5.91 Å². The van der Waals surface area contributed by atoms with Crippen LogP contribution in [0.2, 0.25) is 0 Å². The highest BCUT2D eigenvalue weighted by Gasteiger charge is 2.21. The fourth-order valence-corrected chi connectivity index (χ4v) is 3.47. The maximum absolute atomic E-state index is 12.5. The molecule has 2 aromatic heterocycles. The average molecular weight is 376 g/mol. The number of amides is 1. The van der Waals surface area contributed by atoms with Gasteiger partial charge in [-0.1, -0.05) is 19.1 Å². The van der Waals surface area contributed by atoms with Crippen molar-refractivity contribution in [2.24, 2.45) is 5.92 Å². The van der Waals surface area contributed by atoms with Crippen LogP contribution in [-0.4, -0.2) is 45.0 Å². The summed E-state index contributed by atoms with van der Waals surface area (Å²) in [6.45, 7) is 3.91. The molecule has 28 heavy (non-hydrogen) atoms. The molecule has 3 heterocycles. The highest BCUT2D eigenvalue weighted by molar-refractivity contribution is 5.78. The zero-order valence-corrected chi connectivity index (χ0v) is 16.0. The molecule has 0 radical (unpaired) electrons. The van der Waals surface area contributed by atoms with Crippen LogP contribution < -0.4 is 4.74 Å². The molecular weight excluding hydrogens is 352 g/mol. The molecule has 0 unspecified atom stereocenters. The van der Waals surface area contributed by atoms with E-state index in [0.29, 0.717) is 11.7 Å². The number of imidazole rings is 1. The van der Waals surface area contributed by atoms with Gasteiger partial charge >= 0.3 is 0 Å². The van der Waals surface area contributed by atoms with Crippen molar-refractivity contribution in [1.29, 1.82) is 0 Å². The number of piperidine rings is 1. The first-order valence-electron chi connectivity index (χ1n) is 9.66. The van der Waals surface area contributed by atoms with Crippen LogP contribution in [0.25, 0.3) is 17.1 Å². The van der Waals surface area contributed by atoms with Crippen LogP contribution in [0, 0.1) is 5.92 Å². The number of benzene rings is 1. The summed E-state index contributed by atoms with van der Waals surface area (Å²) in [6, 6.07) is 11.5. The highest BCUT2D eigenvalue weighted by Crippen LogP contribution is 2.30. The minimum absolute atomic E-state index is 0.0392. The van der Waals surface area contributed by atoms with Gasteiger partial charge in [0.2, 0.25) is 0 Å². The van der Waals surface area contributed by atoms with Gasteiger partial charge < -0.3 is 9.64 Å². The number of rotatable bonds is 5. The van der Waals surface area contributed by atoms with Gasteiger partial charge in [-0.3, -0.25) is 14.3 Å². The SMILES string of the molecule is CC1CCN(C(=O)COc2ccccc2-c2nccn2-c2cccnc2)CC1. The number of hydrogen-bond donors (Lipinski definition) is 0. The van der Waals surface area contributed by atoms with Crippen LogP contribution in [0.1, 0.15) is 19.8 Å². The molecule has 0 spiro atoms. The van der Waals surface area contributed by atoms with Gasteiger partial charge in [0.25, 0.3) is 5.91 Å². The third-order valence-electron chi connectivity index (χ3n) is 5.18. The summed E-state index contributed by atoms with van der Waals surface area (Å²) >= 11 is 0.